The number of phenols is 1. The fraction of sp³-hybridized carbons (Fsp3) is 0.469. The Kier molecular flexibility index (Phi) is 8.79. The van der Waals surface area contributed by atoms with E-state index >= 15 is 0 Å². The van der Waals surface area contributed by atoms with Crippen LogP contribution in [0.1, 0.15) is 55.8 Å². The third-order valence-corrected chi connectivity index (χ3v) is 8.67. The number of ether oxygens (including phenoxy) is 5. The van der Waals surface area contributed by atoms with E-state index in [0.717, 1.165) is 19.3 Å². The molecule has 0 radical (unpaired) electrons. The number of carbonyl (C=O) groups is 1. The van der Waals surface area contributed by atoms with Crippen molar-refractivity contribution in [3.8, 4) is 28.7 Å². The molecule has 46 heavy (non-hydrogen) atoms. The molecule has 0 aromatic heterocycles. The van der Waals surface area contributed by atoms with Gasteiger partial charge in [-0.05, 0) is 43.4 Å². The van der Waals surface area contributed by atoms with Gasteiger partial charge in [-0.3, -0.25) is 4.99 Å². The summed E-state index contributed by atoms with van der Waals surface area (Å²) in [6, 6.07) is 8.29. The van der Waals surface area contributed by atoms with Crippen molar-refractivity contribution in [3.63, 3.8) is 0 Å². The summed E-state index contributed by atoms with van der Waals surface area (Å²) in [5.74, 6) is -2.17. The second kappa shape index (κ2) is 12.8. The highest BCUT2D eigenvalue weighted by Crippen LogP contribution is 2.52. The molecule has 6 unspecified atom stereocenters. The average Bonchev–Trinajstić information content (AvgIpc) is 3.56. The van der Waals surface area contributed by atoms with Gasteiger partial charge in [-0.2, -0.15) is 0 Å². The molecule has 3 heterocycles. The van der Waals surface area contributed by atoms with Crippen molar-refractivity contribution in [2.75, 3.05) is 13.7 Å². The number of aliphatic hydroxyl groups excluding tert-OH is 3. The predicted molar refractivity (Wildman–Crippen MR) is 162 cm³/mol. The fourth-order valence-corrected chi connectivity index (χ4v) is 6.21. The van der Waals surface area contributed by atoms with Crippen molar-refractivity contribution in [2.45, 2.75) is 80.9 Å². The Labute approximate surface area is 263 Å². The number of methoxy groups -OCH3 is 1. The van der Waals surface area contributed by atoms with Gasteiger partial charge in [0.25, 0.3) is 0 Å². The maximum atomic E-state index is 12.3. The van der Waals surface area contributed by atoms with Crippen LogP contribution in [0.15, 0.2) is 46.4 Å². The molecule has 246 valence electrons. The molecule has 1 saturated heterocycles. The number of aliphatic hydroxyl groups is 4. The van der Waals surface area contributed by atoms with Crippen LogP contribution < -0.4 is 18.9 Å². The van der Waals surface area contributed by atoms with Crippen LogP contribution in [0.4, 0.5) is 0 Å². The number of hydrogen-bond acceptors (Lipinski definition) is 13. The van der Waals surface area contributed by atoms with E-state index in [1.807, 2.05) is 0 Å². The van der Waals surface area contributed by atoms with E-state index in [-0.39, 0.29) is 41.2 Å². The highest BCUT2D eigenvalue weighted by atomic mass is 16.7. The van der Waals surface area contributed by atoms with Crippen molar-refractivity contribution in [3.05, 3.63) is 47.5 Å². The summed E-state index contributed by atoms with van der Waals surface area (Å²) in [6.45, 7) is 0.0898. The number of fused-ring (bicyclic) bond motifs is 1. The lowest BCUT2D eigenvalue weighted by molar-refractivity contribution is -0.303. The molecular weight excluding hydrogens is 604 g/mol. The molecule has 1 saturated carbocycles. The minimum absolute atomic E-state index is 0.000643. The van der Waals surface area contributed by atoms with Crippen molar-refractivity contribution >= 4 is 23.8 Å². The third-order valence-electron chi connectivity index (χ3n) is 8.67. The molecule has 0 bridgehead atoms. The Bertz CT molecular complexity index is 1550. The van der Waals surface area contributed by atoms with Crippen LogP contribution in [0.3, 0.4) is 0 Å². The van der Waals surface area contributed by atoms with Crippen molar-refractivity contribution in [1.29, 1.82) is 0 Å². The molecule has 3 aliphatic heterocycles. The lowest BCUT2D eigenvalue weighted by atomic mass is 9.80. The van der Waals surface area contributed by atoms with E-state index in [1.54, 1.807) is 24.3 Å². The van der Waals surface area contributed by atoms with Crippen LogP contribution in [-0.4, -0.2) is 98.6 Å². The summed E-state index contributed by atoms with van der Waals surface area (Å²) in [7, 11) is 1.54. The van der Waals surface area contributed by atoms with Gasteiger partial charge < -0.3 is 54.3 Å². The Balaban J connectivity index is 1.35. The normalized spacial score (nSPS) is 29.3. The first-order valence-corrected chi connectivity index (χ1v) is 15.0. The molecule has 2 aromatic rings. The number of nitrogens with zero attached hydrogens (tertiary/aromatic N) is 2. The molecule has 6 N–H and O–H groups in total. The minimum Gasteiger partial charge on any atom is -0.507 e. The van der Waals surface area contributed by atoms with Gasteiger partial charge in [-0.25, -0.2) is 9.79 Å². The average molecular weight is 641 g/mol. The summed E-state index contributed by atoms with van der Waals surface area (Å²) in [5, 5.41) is 66.0. The second-order valence-electron chi connectivity index (χ2n) is 11.8. The molecule has 4 aliphatic rings. The van der Waals surface area contributed by atoms with Crippen LogP contribution in [-0.2, 0) is 9.53 Å². The summed E-state index contributed by atoms with van der Waals surface area (Å²) in [4.78, 5) is 20.2. The molecule has 2 fully saturated rings. The molecule has 6 rings (SSSR count). The van der Waals surface area contributed by atoms with Crippen LogP contribution in [0.5, 0.6) is 28.7 Å². The molecule has 2 aromatic carbocycles. The van der Waals surface area contributed by atoms with E-state index < -0.39 is 54.4 Å². The fourth-order valence-electron chi connectivity index (χ4n) is 6.21. The Morgan fingerprint density at radius 2 is 1.83 bits per heavy atom. The van der Waals surface area contributed by atoms with E-state index in [2.05, 4.69) is 9.98 Å². The Hall–Kier alpha value is -4.37. The monoisotopic (exact) mass is 640 g/mol. The van der Waals surface area contributed by atoms with Crippen LogP contribution in [0.25, 0.3) is 5.76 Å². The quantitative estimate of drug-likeness (QED) is 0.234. The second-order valence-corrected chi connectivity index (χ2v) is 11.8. The zero-order valence-corrected chi connectivity index (χ0v) is 25.0. The predicted octanol–water partition coefficient (Wildman–Crippen LogP) is 2.66. The summed E-state index contributed by atoms with van der Waals surface area (Å²) in [5.41, 5.74) is -1.56. The Morgan fingerprint density at radius 1 is 1.09 bits per heavy atom. The van der Waals surface area contributed by atoms with Gasteiger partial charge in [-0.1, -0.05) is 18.6 Å². The number of carboxylic acid groups (broad SMARTS) is 1. The zero-order valence-electron chi connectivity index (χ0n) is 25.0. The molecule has 0 amide bonds. The summed E-state index contributed by atoms with van der Waals surface area (Å²) >= 11 is 0. The number of benzene rings is 2. The number of aliphatic imine (C=N–C) groups is 2. The maximum Gasteiger partial charge on any atom is 0.336 e. The number of hydrogen-bond donors (Lipinski definition) is 6. The van der Waals surface area contributed by atoms with Crippen LogP contribution >= 0.6 is 0 Å². The van der Waals surface area contributed by atoms with Crippen molar-refractivity contribution < 1.29 is 59.1 Å². The standard InChI is InChI=1S/C32H36N2O12/c1-42-18-9-7-16(8-10-18)21-11-20(35)24-22(44-21)12-23(27(25(24)36)43-19-5-3-2-4-6-19)45-31-26(37)28(38)32(41,29(46-31)30(39)40)13-17-14-33-15-34-17/h7-12,15,19,21,26,28-29,31,35-38,41H,2-6,13-14H2,1H3,(H,39,40). The largest absolute Gasteiger partial charge is 0.507 e. The number of aliphatic carboxylic acids is 1. The summed E-state index contributed by atoms with van der Waals surface area (Å²) < 4.78 is 29.1. The maximum absolute atomic E-state index is 12.3. The SMILES string of the molecule is COc1ccc(C2C=C(O)c3c(cc(OC4OC(C(=O)O)C(O)(CC5=NC=NC5)C(O)C4O)c(OC4CCCCC4)c3O)O2)cc1. The topological polar surface area (TPSA) is 209 Å². The first-order valence-electron chi connectivity index (χ1n) is 15.0. The van der Waals surface area contributed by atoms with E-state index in [1.165, 1.54) is 25.6 Å². The van der Waals surface area contributed by atoms with Gasteiger partial charge in [0.05, 0.1) is 19.8 Å². The molecular formula is C32H36N2O12. The third kappa shape index (κ3) is 5.96. The Morgan fingerprint density at radius 3 is 2.48 bits per heavy atom. The molecule has 0 spiro atoms. The highest BCUT2D eigenvalue weighted by Gasteiger charge is 2.59. The van der Waals surface area contributed by atoms with Crippen LogP contribution in [0, 0.1) is 0 Å². The number of phenolic OH excluding ortho intramolecular Hbond substituents is 1. The van der Waals surface area contributed by atoms with Gasteiger partial charge in [0.2, 0.25) is 12.0 Å². The van der Waals surface area contributed by atoms with Gasteiger partial charge in [0, 0.05) is 24.3 Å². The minimum atomic E-state index is -2.47. The highest BCUT2D eigenvalue weighted by molar-refractivity contribution is 5.97. The molecule has 14 heteroatoms. The molecule has 14 nitrogen and oxygen atoms in total. The van der Waals surface area contributed by atoms with Gasteiger partial charge in [-0.15, -0.1) is 0 Å². The van der Waals surface area contributed by atoms with E-state index in [4.69, 9.17) is 23.7 Å². The van der Waals surface area contributed by atoms with Crippen molar-refractivity contribution in [1.82, 2.24) is 0 Å². The first kappa shape index (κ1) is 31.6. The van der Waals surface area contributed by atoms with E-state index in [9.17, 15) is 35.4 Å². The number of carboxylic acids is 1. The lowest BCUT2D eigenvalue weighted by Crippen LogP contribution is -2.69. The van der Waals surface area contributed by atoms with Gasteiger partial charge >= 0.3 is 5.97 Å². The smallest absolute Gasteiger partial charge is 0.336 e. The number of rotatable bonds is 9. The van der Waals surface area contributed by atoms with Crippen LogP contribution in [0.2, 0.25) is 0 Å². The zero-order chi connectivity index (χ0) is 32.6. The van der Waals surface area contributed by atoms with Gasteiger partial charge in [0.15, 0.2) is 17.6 Å². The van der Waals surface area contributed by atoms with E-state index in [0.29, 0.717) is 29.9 Å². The molecule has 1 aliphatic carbocycles. The summed E-state index contributed by atoms with van der Waals surface area (Å²) in [6.07, 6.45) is -2.52. The first-order chi connectivity index (χ1) is 22.1. The lowest BCUT2D eigenvalue weighted by Gasteiger charge is -2.46. The molecule has 6 atom stereocenters. The van der Waals surface area contributed by atoms with Crippen molar-refractivity contribution in [2.24, 2.45) is 9.98 Å². The van der Waals surface area contributed by atoms with Gasteiger partial charge in [0.1, 0.15) is 53.1 Å². The number of aromatic hydroxyl groups is 1.